The van der Waals surface area contributed by atoms with Gasteiger partial charge in [0.25, 0.3) is 5.56 Å². The van der Waals surface area contributed by atoms with Gasteiger partial charge >= 0.3 is 0 Å². The number of ether oxygens (including phenoxy) is 1. The van der Waals surface area contributed by atoms with Crippen LogP contribution < -0.4 is 21.3 Å². The van der Waals surface area contributed by atoms with Crippen LogP contribution in [0.2, 0.25) is 0 Å². The Balaban J connectivity index is 2.22. The van der Waals surface area contributed by atoms with E-state index in [1.165, 1.54) is 0 Å². The number of fused-ring (bicyclic) bond motifs is 1. The molecule has 1 atom stereocenters. The van der Waals surface area contributed by atoms with Crippen molar-refractivity contribution in [3.05, 3.63) is 45.7 Å². The highest BCUT2D eigenvalue weighted by atomic mass is 16.5. The van der Waals surface area contributed by atoms with E-state index in [9.17, 15) is 9.59 Å². The van der Waals surface area contributed by atoms with Crippen molar-refractivity contribution < 1.29 is 9.53 Å². The fourth-order valence-corrected chi connectivity index (χ4v) is 2.61. The van der Waals surface area contributed by atoms with Gasteiger partial charge in [-0.25, -0.2) is 0 Å². The van der Waals surface area contributed by atoms with E-state index in [0.717, 1.165) is 5.56 Å². The number of H-pyrrole nitrogens is 1. The Labute approximate surface area is 120 Å². The summed E-state index contributed by atoms with van der Waals surface area (Å²) in [6, 6.07) is 7.29. The van der Waals surface area contributed by atoms with Gasteiger partial charge in [-0.15, -0.1) is 0 Å². The van der Waals surface area contributed by atoms with Gasteiger partial charge < -0.3 is 15.8 Å². The summed E-state index contributed by atoms with van der Waals surface area (Å²) in [6.07, 6.45) is 0.155. The van der Waals surface area contributed by atoms with E-state index in [1.54, 1.807) is 13.2 Å². The lowest BCUT2D eigenvalue weighted by Crippen LogP contribution is -2.31. The van der Waals surface area contributed by atoms with Gasteiger partial charge in [-0.3, -0.25) is 14.6 Å². The normalized spacial score (nSPS) is 17.0. The summed E-state index contributed by atoms with van der Waals surface area (Å²) in [6.45, 7) is 0. The molecular formula is C14H14N4O3. The van der Waals surface area contributed by atoms with Crippen LogP contribution in [0.4, 0.5) is 11.8 Å². The van der Waals surface area contributed by atoms with Crippen LogP contribution in [-0.2, 0) is 4.79 Å². The van der Waals surface area contributed by atoms with Crippen molar-refractivity contribution in [3.8, 4) is 5.75 Å². The van der Waals surface area contributed by atoms with Gasteiger partial charge in [0.1, 0.15) is 11.6 Å². The van der Waals surface area contributed by atoms with Crippen molar-refractivity contribution in [1.82, 2.24) is 9.97 Å². The average molecular weight is 286 g/mol. The molecule has 1 aromatic heterocycles. The highest BCUT2D eigenvalue weighted by molar-refractivity contribution is 5.94. The third-order valence-electron chi connectivity index (χ3n) is 3.48. The molecule has 0 aliphatic carbocycles. The molecule has 0 radical (unpaired) electrons. The minimum atomic E-state index is -0.415. The molecule has 4 N–H and O–H groups in total. The summed E-state index contributed by atoms with van der Waals surface area (Å²) in [7, 11) is 1.55. The number of aromatic nitrogens is 2. The number of hydrogen-bond donors (Lipinski definition) is 3. The fourth-order valence-electron chi connectivity index (χ4n) is 2.61. The maximum Gasteiger partial charge on any atom is 0.258 e. The zero-order chi connectivity index (χ0) is 15.0. The lowest BCUT2D eigenvalue weighted by Gasteiger charge is -2.25. The molecule has 2 heterocycles. The van der Waals surface area contributed by atoms with Crippen LogP contribution >= 0.6 is 0 Å². The number of carbonyl (C=O) groups excluding carboxylic acids is 1. The number of amides is 1. The van der Waals surface area contributed by atoms with E-state index in [0.29, 0.717) is 11.3 Å². The smallest absolute Gasteiger partial charge is 0.258 e. The van der Waals surface area contributed by atoms with Gasteiger partial charge in [0.15, 0.2) is 0 Å². The molecule has 0 spiro atoms. The minimum absolute atomic E-state index is 0.0280. The number of nitrogen functional groups attached to an aromatic ring is 1. The fraction of sp³-hybridized carbons (Fsp3) is 0.214. The number of anilines is 2. The topological polar surface area (TPSA) is 110 Å². The summed E-state index contributed by atoms with van der Waals surface area (Å²) in [5.74, 6) is 0.181. The van der Waals surface area contributed by atoms with Crippen molar-refractivity contribution in [2.24, 2.45) is 0 Å². The number of hydrogen-bond acceptors (Lipinski definition) is 5. The van der Waals surface area contributed by atoms with Crippen molar-refractivity contribution in [2.45, 2.75) is 12.3 Å². The van der Waals surface area contributed by atoms with Gasteiger partial charge in [0.2, 0.25) is 11.9 Å². The van der Waals surface area contributed by atoms with E-state index in [4.69, 9.17) is 10.5 Å². The summed E-state index contributed by atoms with van der Waals surface area (Å²) in [4.78, 5) is 30.6. The van der Waals surface area contributed by atoms with E-state index in [-0.39, 0.29) is 29.7 Å². The zero-order valence-corrected chi connectivity index (χ0v) is 11.3. The van der Waals surface area contributed by atoms with Gasteiger partial charge in [0.05, 0.1) is 12.7 Å². The largest absolute Gasteiger partial charge is 0.496 e. The quantitative estimate of drug-likeness (QED) is 0.757. The first-order valence-corrected chi connectivity index (χ1v) is 6.42. The Morgan fingerprint density at radius 2 is 2.10 bits per heavy atom. The van der Waals surface area contributed by atoms with Crippen LogP contribution in [0.3, 0.4) is 0 Å². The summed E-state index contributed by atoms with van der Waals surface area (Å²) < 4.78 is 5.32. The first kappa shape index (κ1) is 13.2. The molecule has 2 aromatic rings. The van der Waals surface area contributed by atoms with E-state index in [2.05, 4.69) is 15.3 Å². The first-order valence-electron chi connectivity index (χ1n) is 6.42. The van der Waals surface area contributed by atoms with Gasteiger partial charge in [-0.1, -0.05) is 18.2 Å². The number of nitrogens with zero attached hydrogens (tertiary/aromatic N) is 1. The highest BCUT2D eigenvalue weighted by Gasteiger charge is 2.32. The summed E-state index contributed by atoms with van der Waals surface area (Å²) >= 11 is 0. The van der Waals surface area contributed by atoms with Crippen LogP contribution in [0.15, 0.2) is 29.1 Å². The molecule has 7 nitrogen and oxygen atoms in total. The molecule has 3 rings (SSSR count). The lowest BCUT2D eigenvalue weighted by atomic mass is 9.86. The predicted molar refractivity (Wildman–Crippen MR) is 77.4 cm³/mol. The molecule has 1 aliphatic rings. The number of benzene rings is 1. The molecule has 21 heavy (non-hydrogen) atoms. The third kappa shape index (κ3) is 2.22. The molecule has 1 aliphatic heterocycles. The third-order valence-corrected chi connectivity index (χ3v) is 3.48. The number of aromatic amines is 1. The molecule has 0 bridgehead atoms. The number of rotatable bonds is 2. The van der Waals surface area contributed by atoms with Gasteiger partial charge in [0, 0.05) is 17.9 Å². The van der Waals surface area contributed by atoms with Gasteiger partial charge in [-0.2, -0.15) is 4.98 Å². The van der Waals surface area contributed by atoms with Crippen molar-refractivity contribution >= 4 is 17.7 Å². The van der Waals surface area contributed by atoms with Crippen LogP contribution in [0.5, 0.6) is 5.75 Å². The van der Waals surface area contributed by atoms with Crippen LogP contribution in [-0.4, -0.2) is 23.0 Å². The average Bonchev–Trinajstić information content (AvgIpc) is 2.45. The molecule has 7 heteroatoms. The molecule has 0 fully saturated rings. The van der Waals surface area contributed by atoms with Crippen LogP contribution in [0.1, 0.15) is 23.5 Å². The SMILES string of the molecule is COc1ccccc1[C@H]1CC(=O)Nc2nc(N)[nH]c(=O)c21. The second kappa shape index (κ2) is 4.93. The molecule has 0 unspecified atom stereocenters. The second-order valence-electron chi connectivity index (χ2n) is 4.76. The molecule has 1 amide bonds. The predicted octanol–water partition coefficient (Wildman–Crippen LogP) is 0.835. The Morgan fingerprint density at radius 3 is 2.86 bits per heavy atom. The molecule has 1 aromatic carbocycles. The van der Waals surface area contributed by atoms with Crippen LogP contribution in [0, 0.1) is 0 Å². The maximum atomic E-state index is 12.2. The molecule has 0 saturated heterocycles. The monoisotopic (exact) mass is 286 g/mol. The van der Waals surface area contributed by atoms with E-state index in [1.807, 2.05) is 18.2 Å². The molecule has 0 saturated carbocycles. The number of para-hydroxylation sites is 1. The number of nitrogens with two attached hydrogens (primary N) is 1. The van der Waals surface area contributed by atoms with E-state index < -0.39 is 5.92 Å². The number of carbonyl (C=O) groups is 1. The van der Waals surface area contributed by atoms with Crippen molar-refractivity contribution in [3.63, 3.8) is 0 Å². The molecule has 108 valence electrons. The maximum absolute atomic E-state index is 12.2. The summed E-state index contributed by atoms with van der Waals surface area (Å²) in [5, 5.41) is 2.59. The summed E-state index contributed by atoms with van der Waals surface area (Å²) in [5.41, 5.74) is 6.34. The zero-order valence-electron chi connectivity index (χ0n) is 11.3. The second-order valence-corrected chi connectivity index (χ2v) is 4.76. The standard InChI is InChI=1S/C14H14N4O3/c1-21-9-5-3-2-4-7(9)8-6-10(19)16-12-11(8)13(20)18-14(15)17-12/h2-5,8H,6H2,1H3,(H4,15,16,17,18,19,20)/t8-/m1/s1. The molecular weight excluding hydrogens is 272 g/mol. The van der Waals surface area contributed by atoms with E-state index >= 15 is 0 Å². The van der Waals surface area contributed by atoms with Crippen molar-refractivity contribution in [2.75, 3.05) is 18.2 Å². The Hall–Kier alpha value is -2.83. The minimum Gasteiger partial charge on any atom is -0.496 e. The highest BCUT2D eigenvalue weighted by Crippen LogP contribution is 2.37. The Bertz CT molecular complexity index is 769. The Kier molecular flexibility index (Phi) is 3.09. The van der Waals surface area contributed by atoms with Crippen LogP contribution in [0.25, 0.3) is 0 Å². The first-order chi connectivity index (χ1) is 10.1. The van der Waals surface area contributed by atoms with Crippen molar-refractivity contribution in [1.29, 1.82) is 0 Å². The lowest BCUT2D eigenvalue weighted by molar-refractivity contribution is -0.116. The number of nitrogens with one attached hydrogen (secondary N) is 2. The Morgan fingerprint density at radius 1 is 1.33 bits per heavy atom. The van der Waals surface area contributed by atoms with Gasteiger partial charge in [-0.05, 0) is 6.07 Å². The number of methoxy groups -OCH3 is 1.